The van der Waals surface area contributed by atoms with Crippen LogP contribution in [0.1, 0.15) is 13.3 Å². The number of methoxy groups -OCH3 is 2. The van der Waals surface area contributed by atoms with Crippen LogP contribution in [0.3, 0.4) is 0 Å². The van der Waals surface area contributed by atoms with E-state index in [1.54, 1.807) is 40.0 Å². The first-order chi connectivity index (χ1) is 12.5. The van der Waals surface area contributed by atoms with E-state index in [1.165, 1.54) is 14.0 Å². The number of rotatable bonds is 7. The van der Waals surface area contributed by atoms with Crippen molar-refractivity contribution in [3.05, 3.63) is 18.2 Å². The summed E-state index contributed by atoms with van der Waals surface area (Å²) in [5, 5.41) is 0. The van der Waals surface area contributed by atoms with Crippen LogP contribution in [0.5, 0.6) is 11.5 Å². The number of carbonyl (C=O) groups excluding carboxylic acids is 3. The fourth-order valence-electron chi connectivity index (χ4n) is 2.90. The number of amides is 3. The molecule has 26 heavy (non-hydrogen) atoms. The normalized spacial score (nSPS) is 14.0. The average Bonchev–Trinajstić information content (AvgIpc) is 2.67. The molecule has 1 heterocycles. The number of carbonyl (C=O) groups is 3. The van der Waals surface area contributed by atoms with Gasteiger partial charge >= 0.3 is 0 Å². The smallest absolute Gasteiger partial charge is 0.224 e. The van der Waals surface area contributed by atoms with E-state index in [0.717, 1.165) is 6.41 Å². The lowest BCUT2D eigenvalue weighted by Crippen LogP contribution is -2.48. The van der Waals surface area contributed by atoms with Gasteiger partial charge in [-0.3, -0.25) is 14.4 Å². The maximum atomic E-state index is 12.4. The molecule has 0 aromatic heterocycles. The van der Waals surface area contributed by atoms with Gasteiger partial charge in [0.25, 0.3) is 0 Å². The van der Waals surface area contributed by atoms with Gasteiger partial charge in [-0.25, -0.2) is 0 Å². The van der Waals surface area contributed by atoms with Crippen LogP contribution in [0.4, 0.5) is 5.69 Å². The van der Waals surface area contributed by atoms with Gasteiger partial charge < -0.3 is 24.2 Å². The average molecular weight is 363 g/mol. The van der Waals surface area contributed by atoms with E-state index in [0.29, 0.717) is 43.4 Å². The summed E-state index contributed by atoms with van der Waals surface area (Å²) in [6, 6.07) is 5.20. The van der Waals surface area contributed by atoms with Crippen LogP contribution >= 0.6 is 0 Å². The van der Waals surface area contributed by atoms with Gasteiger partial charge in [0.05, 0.1) is 14.2 Å². The topological polar surface area (TPSA) is 79.4 Å². The minimum Gasteiger partial charge on any atom is -0.493 e. The summed E-state index contributed by atoms with van der Waals surface area (Å²) in [4.78, 5) is 40.1. The minimum absolute atomic E-state index is 0.0257. The molecule has 8 nitrogen and oxygen atoms in total. The number of anilines is 1. The predicted octanol–water partition coefficient (Wildman–Crippen LogP) is 0.747. The highest BCUT2D eigenvalue weighted by Gasteiger charge is 2.22. The highest BCUT2D eigenvalue weighted by Crippen LogP contribution is 2.31. The maximum Gasteiger partial charge on any atom is 0.224 e. The molecule has 0 spiro atoms. The van der Waals surface area contributed by atoms with E-state index in [1.807, 2.05) is 0 Å². The number of hydrogen-bond donors (Lipinski definition) is 0. The van der Waals surface area contributed by atoms with E-state index < -0.39 is 0 Å². The first-order valence-electron chi connectivity index (χ1n) is 8.47. The third-order valence-electron chi connectivity index (χ3n) is 4.42. The Bertz CT molecular complexity index is 656. The van der Waals surface area contributed by atoms with Gasteiger partial charge in [-0.15, -0.1) is 0 Å². The summed E-state index contributed by atoms with van der Waals surface area (Å²) in [6.45, 7) is 3.87. The van der Waals surface area contributed by atoms with Crippen LogP contribution in [0.15, 0.2) is 18.2 Å². The third-order valence-corrected chi connectivity index (χ3v) is 4.42. The van der Waals surface area contributed by atoms with Crippen LogP contribution in [0.2, 0.25) is 0 Å². The Morgan fingerprint density at radius 3 is 2.31 bits per heavy atom. The number of piperazine rings is 1. The minimum atomic E-state index is -0.157. The molecule has 1 aliphatic rings. The number of nitrogens with zero attached hydrogens (tertiary/aromatic N) is 3. The number of hydrogen-bond acceptors (Lipinski definition) is 5. The summed E-state index contributed by atoms with van der Waals surface area (Å²) in [5.41, 5.74) is 0.647. The van der Waals surface area contributed by atoms with Gasteiger partial charge in [-0.1, -0.05) is 0 Å². The molecule has 1 fully saturated rings. The second-order valence-electron chi connectivity index (χ2n) is 5.98. The van der Waals surface area contributed by atoms with E-state index in [9.17, 15) is 14.4 Å². The van der Waals surface area contributed by atoms with Crippen LogP contribution in [-0.2, 0) is 14.4 Å². The maximum absolute atomic E-state index is 12.4. The highest BCUT2D eigenvalue weighted by atomic mass is 16.5. The standard InChI is InChI=1S/C18H25N3O5/c1-14(23)21(15-4-5-16(25-2)17(12-15)26-3)7-6-18(24)20-10-8-19(13-22)9-11-20/h4-5,12-13H,6-11H2,1-3H3. The van der Waals surface area contributed by atoms with Gasteiger partial charge in [-0.2, -0.15) is 0 Å². The fourth-order valence-corrected chi connectivity index (χ4v) is 2.90. The molecule has 0 N–H and O–H groups in total. The third kappa shape index (κ3) is 4.65. The van der Waals surface area contributed by atoms with Crippen molar-refractivity contribution in [2.75, 3.05) is 51.8 Å². The van der Waals surface area contributed by atoms with E-state index in [4.69, 9.17) is 9.47 Å². The lowest BCUT2D eigenvalue weighted by molar-refractivity contribution is -0.135. The molecule has 142 valence electrons. The van der Waals surface area contributed by atoms with Crippen LogP contribution in [0, 0.1) is 0 Å². The van der Waals surface area contributed by atoms with Crippen molar-refractivity contribution in [1.82, 2.24) is 9.80 Å². The summed E-state index contributed by atoms with van der Waals surface area (Å²) < 4.78 is 10.5. The van der Waals surface area contributed by atoms with Gasteiger partial charge in [0.2, 0.25) is 18.2 Å². The van der Waals surface area contributed by atoms with Crippen LogP contribution in [-0.4, -0.2) is 75.0 Å². The molecule has 8 heteroatoms. The lowest BCUT2D eigenvalue weighted by atomic mass is 10.2. The second-order valence-corrected chi connectivity index (χ2v) is 5.98. The summed E-state index contributed by atoms with van der Waals surface area (Å²) in [5.74, 6) is 0.912. The molecule has 1 aromatic carbocycles. The van der Waals surface area contributed by atoms with Gasteiger partial charge in [0.1, 0.15) is 0 Å². The van der Waals surface area contributed by atoms with Gasteiger partial charge in [-0.05, 0) is 12.1 Å². The zero-order valence-corrected chi connectivity index (χ0v) is 15.4. The summed E-state index contributed by atoms with van der Waals surface area (Å²) in [6.07, 6.45) is 1.02. The molecular weight excluding hydrogens is 338 g/mol. The summed E-state index contributed by atoms with van der Waals surface area (Å²) >= 11 is 0. The van der Waals surface area contributed by atoms with Crippen molar-refractivity contribution < 1.29 is 23.9 Å². The second kappa shape index (κ2) is 9.07. The largest absolute Gasteiger partial charge is 0.493 e. The summed E-state index contributed by atoms with van der Waals surface area (Å²) in [7, 11) is 3.07. The zero-order chi connectivity index (χ0) is 19.1. The first kappa shape index (κ1) is 19.6. The Balaban J connectivity index is 2.01. The van der Waals surface area contributed by atoms with Crippen molar-refractivity contribution in [1.29, 1.82) is 0 Å². The van der Waals surface area contributed by atoms with Crippen molar-refractivity contribution in [2.24, 2.45) is 0 Å². The molecule has 2 rings (SSSR count). The molecule has 3 amide bonds. The molecule has 0 atom stereocenters. The Morgan fingerprint density at radius 1 is 1.12 bits per heavy atom. The first-order valence-corrected chi connectivity index (χ1v) is 8.47. The van der Waals surface area contributed by atoms with Crippen LogP contribution in [0.25, 0.3) is 0 Å². The Kier molecular flexibility index (Phi) is 6.82. The zero-order valence-electron chi connectivity index (χ0n) is 15.4. The molecule has 0 unspecified atom stereocenters. The van der Waals surface area contributed by atoms with E-state index in [2.05, 4.69) is 0 Å². The van der Waals surface area contributed by atoms with Gasteiger partial charge in [0, 0.05) is 57.8 Å². The lowest BCUT2D eigenvalue weighted by Gasteiger charge is -2.33. The molecule has 0 bridgehead atoms. The number of benzene rings is 1. The highest BCUT2D eigenvalue weighted by molar-refractivity contribution is 5.92. The molecule has 1 aliphatic heterocycles. The van der Waals surface area contributed by atoms with Crippen molar-refractivity contribution in [2.45, 2.75) is 13.3 Å². The fraction of sp³-hybridized carbons (Fsp3) is 0.500. The monoisotopic (exact) mass is 363 g/mol. The molecular formula is C18H25N3O5. The molecule has 1 aromatic rings. The molecule has 1 saturated heterocycles. The number of ether oxygens (including phenoxy) is 2. The van der Waals surface area contributed by atoms with Crippen molar-refractivity contribution >= 4 is 23.9 Å². The Labute approximate surface area is 153 Å². The van der Waals surface area contributed by atoms with Gasteiger partial charge in [0.15, 0.2) is 11.5 Å². The molecule has 0 aliphatic carbocycles. The molecule has 0 radical (unpaired) electrons. The van der Waals surface area contributed by atoms with Crippen molar-refractivity contribution in [3.63, 3.8) is 0 Å². The van der Waals surface area contributed by atoms with Crippen LogP contribution < -0.4 is 14.4 Å². The van der Waals surface area contributed by atoms with Crippen molar-refractivity contribution in [3.8, 4) is 11.5 Å². The Morgan fingerprint density at radius 2 is 1.77 bits per heavy atom. The van der Waals surface area contributed by atoms with E-state index >= 15 is 0 Å². The Hall–Kier alpha value is -2.77. The molecule has 0 saturated carbocycles. The predicted molar refractivity (Wildman–Crippen MR) is 96.4 cm³/mol. The SMILES string of the molecule is COc1ccc(N(CCC(=O)N2CCN(C=O)CC2)C(C)=O)cc1OC. The van der Waals surface area contributed by atoms with E-state index in [-0.39, 0.29) is 24.8 Å². The quantitative estimate of drug-likeness (QED) is 0.668.